The van der Waals surface area contributed by atoms with Gasteiger partial charge in [-0.2, -0.15) is 0 Å². The highest BCUT2D eigenvalue weighted by Gasteiger charge is 2.10. The number of phenolic OH excluding ortho intramolecular Hbond substituents is 1. The number of benzene rings is 2. The second kappa shape index (κ2) is 6.71. The fourth-order valence-corrected chi connectivity index (χ4v) is 1.74. The van der Waals surface area contributed by atoms with Crippen LogP contribution < -0.4 is 15.8 Å². The normalized spacial score (nSPS) is 9.90. The van der Waals surface area contributed by atoms with Crippen molar-refractivity contribution >= 4 is 28.8 Å². The summed E-state index contributed by atoms with van der Waals surface area (Å²) in [6.45, 7) is 0.131. The number of nitrogens with two attached hydrogens (primary N) is 1. The molecule has 0 fully saturated rings. The maximum absolute atomic E-state index is 12.1. The molecule has 0 atom stereocenters. The standard InChI is InChI=1S/C15H14N2O3S/c16-14(21)9-20-11-5-3-4-10(8-11)17-15(19)12-6-1-2-7-13(12)18/h1-8,18H,9H2,(H2,16,21)(H,17,19). The lowest BCUT2D eigenvalue weighted by atomic mass is 10.2. The average Bonchev–Trinajstić information content (AvgIpc) is 2.46. The summed E-state index contributed by atoms with van der Waals surface area (Å²) in [5.41, 5.74) is 6.11. The summed E-state index contributed by atoms with van der Waals surface area (Å²) in [5.74, 6) is 0.0633. The molecule has 5 nitrogen and oxygen atoms in total. The fraction of sp³-hybridized carbons (Fsp3) is 0.0667. The zero-order valence-corrected chi connectivity index (χ0v) is 11.9. The Morgan fingerprint density at radius 1 is 1.24 bits per heavy atom. The molecule has 0 aliphatic heterocycles. The van der Waals surface area contributed by atoms with Crippen molar-refractivity contribution in [1.29, 1.82) is 0 Å². The van der Waals surface area contributed by atoms with E-state index in [1.165, 1.54) is 12.1 Å². The van der Waals surface area contributed by atoms with Crippen molar-refractivity contribution in [2.45, 2.75) is 0 Å². The van der Waals surface area contributed by atoms with Gasteiger partial charge >= 0.3 is 0 Å². The molecular formula is C15H14N2O3S. The lowest BCUT2D eigenvalue weighted by molar-refractivity contribution is 0.102. The molecule has 0 bridgehead atoms. The molecule has 1 amide bonds. The van der Waals surface area contributed by atoms with Crippen LogP contribution in [-0.2, 0) is 0 Å². The molecule has 0 saturated heterocycles. The van der Waals surface area contributed by atoms with Crippen LogP contribution in [0, 0.1) is 0 Å². The lowest BCUT2D eigenvalue weighted by Gasteiger charge is -2.09. The fourth-order valence-electron chi connectivity index (χ4n) is 1.68. The summed E-state index contributed by atoms with van der Waals surface area (Å²) >= 11 is 4.73. The van der Waals surface area contributed by atoms with Crippen LogP contribution in [0.25, 0.3) is 0 Å². The number of carbonyl (C=O) groups excluding carboxylic acids is 1. The van der Waals surface area contributed by atoms with Crippen molar-refractivity contribution in [2.75, 3.05) is 11.9 Å². The van der Waals surface area contributed by atoms with Crippen LogP contribution in [0.3, 0.4) is 0 Å². The number of ether oxygens (including phenoxy) is 1. The first kappa shape index (κ1) is 14.8. The predicted molar refractivity (Wildman–Crippen MR) is 84.8 cm³/mol. The minimum atomic E-state index is -0.403. The molecule has 108 valence electrons. The Bertz CT molecular complexity index is 673. The molecule has 21 heavy (non-hydrogen) atoms. The second-order valence-electron chi connectivity index (χ2n) is 4.25. The third-order valence-electron chi connectivity index (χ3n) is 2.62. The highest BCUT2D eigenvalue weighted by atomic mass is 32.1. The van der Waals surface area contributed by atoms with Gasteiger partial charge in [0, 0.05) is 11.8 Å². The molecule has 0 unspecified atom stereocenters. The number of phenols is 1. The van der Waals surface area contributed by atoms with Gasteiger partial charge < -0.3 is 20.9 Å². The molecule has 0 aromatic heterocycles. The van der Waals surface area contributed by atoms with Gasteiger partial charge in [-0.05, 0) is 24.3 Å². The number of rotatable bonds is 5. The Kier molecular flexibility index (Phi) is 4.73. The van der Waals surface area contributed by atoms with E-state index in [4.69, 9.17) is 22.7 Å². The summed E-state index contributed by atoms with van der Waals surface area (Å²) in [6, 6.07) is 13.1. The number of para-hydroxylation sites is 1. The van der Waals surface area contributed by atoms with E-state index in [1.54, 1.807) is 36.4 Å². The lowest BCUT2D eigenvalue weighted by Crippen LogP contribution is -2.18. The molecule has 6 heteroatoms. The van der Waals surface area contributed by atoms with Crippen LogP contribution in [0.5, 0.6) is 11.5 Å². The van der Waals surface area contributed by atoms with Crippen molar-refractivity contribution < 1.29 is 14.6 Å². The van der Waals surface area contributed by atoms with E-state index in [0.717, 1.165) is 0 Å². The van der Waals surface area contributed by atoms with Crippen LogP contribution in [0.1, 0.15) is 10.4 Å². The Hall–Kier alpha value is -2.60. The average molecular weight is 302 g/mol. The molecule has 2 aromatic rings. The van der Waals surface area contributed by atoms with E-state index >= 15 is 0 Å². The zero-order chi connectivity index (χ0) is 15.2. The van der Waals surface area contributed by atoms with Crippen LogP contribution in [0.4, 0.5) is 5.69 Å². The van der Waals surface area contributed by atoms with Gasteiger partial charge in [-0.15, -0.1) is 0 Å². The summed E-state index contributed by atoms with van der Waals surface area (Å²) in [4.78, 5) is 12.3. The second-order valence-corrected chi connectivity index (χ2v) is 4.78. The number of hydrogen-bond acceptors (Lipinski definition) is 4. The monoisotopic (exact) mass is 302 g/mol. The summed E-state index contributed by atoms with van der Waals surface area (Å²) < 4.78 is 5.35. The topological polar surface area (TPSA) is 84.6 Å². The molecule has 0 aliphatic carbocycles. The molecular weight excluding hydrogens is 288 g/mol. The van der Waals surface area contributed by atoms with Gasteiger partial charge in [0.1, 0.15) is 23.1 Å². The Morgan fingerprint density at radius 2 is 2.00 bits per heavy atom. The molecule has 0 radical (unpaired) electrons. The largest absolute Gasteiger partial charge is 0.507 e. The number of hydrogen-bond donors (Lipinski definition) is 3. The van der Waals surface area contributed by atoms with Gasteiger partial charge in [0.2, 0.25) is 0 Å². The highest BCUT2D eigenvalue weighted by Crippen LogP contribution is 2.20. The highest BCUT2D eigenvalue weighted by molar-refractivity contribution is 7.80. The predicted octanol–water partition coefficient (Wildman–Crippen LogP) is 2.31. The summed E-state index contributed by atoms with van der Waals surface area (Å²) in [6.07, 6.45) is 0. The maximum atomic E-state index is 12.1. The van der Waals surface area contributed by atoms with Gasteiger partial charge in [-0.25, -0.2) is 0 Å². The SMILES string of the molecule is NC(=S)COc1cccc(NC(=O)c2ccccc2O)c1. The van der Waals surface area contributed by atoms with E-state index in [0.29, 0.717) is 11.4 Å². The van der Waals surface area contributed by atoms with Gasteiger partial charge in [-0.3, -0.25) is 4.79 Å². The van der Waals surface area contributed by atoms with E-state index in [-0.39, 0.29) is 22.9 Å². The smallest absolute Gasteiger partial charge is 0.259 e. The zero-order valence-electron chi connectivity index (χ0n) is 11.1. The van der Waals surface area contributed by atoms with Crippen molar-refractivity contribution in [3.63, 3.8) is 0 Å². The van der Waals surface area contributed by atoms with Gasteiger partial charge in [0.15, 0.2) is 0 Å². The van der Waals surface area contributed by atoms with Crippen LogP contribution in [0.15, 0.2) is 48.5 Å². The minimum Gasteiger partial charge on any atom is -0.507 e. The van der Waals surface area contributed by atoms with Gasteiger partial charge in [0.25, 0.3) is 5.91 Å². The Balaban J connectivity index is 2.09. The van der Waals surface area contributed by atoms with E-state index in [9.17, 15) is 9.90 Å². The molecule has 0 heterocycles. The van der Waals surface area contributed by atoms with E-state index in [2.05, 4.69) is 5.32 Å². The quantitative estimate of drug-likeness (QED) is 0.738. The van der Waals surface area contributed by atoms with E-state index < -0.39 is 5.91 Å². The van der Waals surface area contributed by atoms with Crippen molar-refractivity contribution in [1.82, 2.24) is 0 Å². The molecule has 0 spiro atoms. The van der Waals surface area contributed by atoms with Crippen molar-refractivity contribution in [3.05, 3.63) is 54.1 Å². The third kappa shape index (κ3) is 4.19. The molecule has 0 aliphatic rings. The Labute approximate surface area is 127 Å². The van der Waals surface area contributed by atoms with Crippen LogP contribution in [-0.4, -0.2) is 22.6 Å². The van der Waals surface area contributed by atoms with E-state index in [1.807, 2.05) is 0 Å². The summed E-state index contributed by atoms with van der Waals surface area (Å²) in [7, 11) is 0. The number of carbonyl (C=O) groups is 1. The van der Waals surface area contributed by atoms with Gasteiger partial charge in [0.05, 0.1) is 5.56 Å². The molecule has 2 rings (SSSR count). The Morgan fingerprint density at radius 3 is 2.71 bits per heavy atom. The molecule has 4 N–H and O–H groups in total. The first-order chi connectivity index (χ1) is 10.1. The number of thiocarbonyl (C=S) groups is 1. The van der Waals surface area contributed by atoms with Crippen LogP contribution >= 0.6 is 12.2 Å². The first-order valence-corrected chi connectivity index (χ1v) is 6.57. The number of aromatic hydroxyl groups is 1. The first-order valence-electron chi connectivity index (χ1n) is 6.17. The number of anilines is 1. The number of nitrogens with one attached hydrogen (secondary N) is 1. The molecule has 0 saturated carbocycles. The summed E-state index contributed by atoms with van der Waals surface area (Å²) in [5, 5.41) is 12.3. The third-order valence-corrected chi connectivity index (χ3v) is 2.74. The minimum absolute atomic E-state index is 0.0733. The van der Waals surface area contributed by atoms with Crippen molar-refractivity contribution in [3.8, 4) is 11.5 Å². The van der Waals surface area contributed by atoms with Gasteiger partial charge in [-0.1, -0.05) is 30.4 Å². The maximum Gasteiger partial charge on any atom is 0.259 e. The van der Waals surface area contributed by atoms with Crippen LogP contribution in [0.2, 0.25) is 0 Å². The number of amides is 1. The molecule has 2 aromatic carbocycles. The van der Waals surface area contributed by atoms with Crippen molar-refractivity contribution in [2.24, 2.45) is 5.73 Å².